The van der Waals surface area contributed by atoms with E-state index in [9.17, 15) is 9.59 Å². The van der Waals surface area contributed by atoms with Gasteiger partial charge in [0.25, 0.3) is 0 Å². The molecule has 0 unspecified atom stereocenters. The van der Waals surface area contributed by atoms with Crippen molar-refractivity contribution in [2.45, 2.75) is 19.3 Å². The van der Waals surface area contributed by atoms with Crippen molar-refractivity contribution in [2.24, 2.45) is 11.3 Å². The number of carbonyl (C=O) groups is 2. The van der Waals surface area contributed by atoms with Gasteiger partial charge in [0.15, 0.2) is 12.4 Å². The van der Waals surface area contributed by atoms with Crippen LogP contribution in [0.5, 0.6) is 0 Å². The minimum atomic E-state index is -0.510. The fraction of sp³-hybridized carbons (Fsp3) is 0.444. The Bertz CT molecular complexity index is 798. The largest absolute Gasteiger partial charge is 0.453 e. The standard InChI is InChI=1S/C18H18BrNO4/c19-15-12-3-1-2-4-13(12)20-16(15)17(22)24-9-14(21)11-7-18(8-11)5-6-23-10-18/h1-4,11,20H,5-10H2. The van der Waals surface area contributed by atoms with E-state index in [0.29, 0.717) is 10.2 Å². The van der Waals surface area contributed by atoms with Crippen molar-refractivity contribution >= 4 is 38.6 Å². The number of ketones is 1. The van der Waals surface area contributed by atoms with Crippen molar-refractivity contribution in [1.82, 2.24) is 4.98 Å². The van der Waals surface area contributed by atoms with E-state index in [2.05, 4.69) is 20.9 Å². The van der Waals surface area contributed by atoms with Crippen molar-refractivity contribution in [3.63, 3.8) is 0 Å². The van der Waals surface area contributed by atoms with Gasteiger partial charge in [0.05, 0.1) is 11.1 Å². The number of aromatic amines is 1. The fourth-order valence-electron chi connectivity index (χ4n) is 3.76. The number of ether oxygens (including phenoxy) is 2. The molecule has 0 radical (unpaired) electrons. The number of halogens is 1. The maximum Gasteiger partial charge on any atom is 0.356 e. The number of para-hydroxylation sites is 1. The molecule has 1 N–H and O–H groups in total. The first kappa shape index (κ1) is 15.8. The van der Waals surface area contributed by atoms with Crippen molar-refractivity contribution in [3.05, 3.63) is 34.4 Å². The first-order valence-electron chi connectivity index (χ1n) is 8.12. The van der Waals surface area contributed by atoms with Gasteiger partial charge in [-0.05, 0) is 46.7 Å². The summed E-state index contributed by atoms with van der Waals surface area (Å²) in [6, 6.07) is 7.59. The van der Waals surface area contributed by atoms with Gasteiger partial charge in [0, 0.05) is 23.4 Å². The van der Waals surface area contributed by atoms with Gasteiger partial charge in [-0.15, -0.1) is 0 Å². The molecule has 0 amide bonds. The molecule has 5 nitrogen and oxygen atoms in total. The summed E-state index contributed by atoms with van der Waals surface area (Å²) in [5.41, 5.74) is 1.41. The van der Waals surface area contributed by atoms with Gasteiger partial charge in [-0.2, -0.15) is 0 Å². The van der Waals surface area contributed by atoms with Crippen molar-refractivity contribution < 1.29 is 19.1 Å². The lowest BCUT2D eigenvalue weighted by molar-refractivity contribution is -0.133. The summed E-state index contributed by atoms with van der Waals surface area (Å²) in [6.07, 6.45) is 2.76. The highest BCUT2D eigenvalue weighted by Gasteiger charge is 2.49. The summed E-state index contributed by atoms with van der Waals surface area (Å²) in [5.74, 6) is -0.497. The minimum Gasteiger partial charge on any atom is -0.453 e. The van der Waals surface area contributed by atoms with Gasteiger partial charge in [-0.1, -0.05) is 18.2 Å². The smallest absolute Gasteiger partial charge is 0.356 e. The lowest BCUT2D eigenvalue weighted by atomic mass is 9.60. The van der Waals surface area contributed by atoms with Gasteiger partial charge in [0.2, 0.25) is 0 Å². The molecule has 126 valence electrons. The van der Waals surface area contributed by atoms with Crippen LogP contribution in [-0.2, 0) is 14.3 Å². The highest BCUT2D eigenvalue weighted by Crippen LogP contribution is 2.51. The van der Waals surface area contributed by atoms with Gasteiger partial charge in [-0.3, -0.25) is 4.79 Å². The quantitative estimate of drug-likeness (QED) is 0.810. The normalized spacial score (nSPS) is 25.8. The van der Waals surface area contributed by atoms with E-state index in [-0.39, 0.29) is 23.7 Å². The first-order valence-corrected chi connectivity index (χ1v) is 8.91. The molecule has 2 aliphatic rings. The van der Waals surface area contributed by atoms with Crippen LogP contribution in [0, 0.1) is 11.3 Å². The van der Waals surface area contributed by atoms with Crippen LogP contribution in [0.2, 0.25) is 0 Å². The highest BCUT2D eigenvalue weighted by atomic mass is 79.9. The van der Waals surface area contributed by atoms with Gasteiger partial charge in [0.1, 0.15) is 5.69 Å². The number of esters is 1. The third-order valence-corrected chi connectivity index (χ3v) is 6.02. The molecule has 1 saturated carbocycles. The van der Waals surface area contributed by atoms with Crippen LogP contribution >= 0.6 is 15.9 Å². The minimum absolute atomic E-state index is 0.00524. The Labute approximate surface area is 147 Å². The molecule has 6 heteroatoms. The van der Waals surface area contributed by atoms with Crippen LogP contribution in [0.4, 0.5) is 0 Å². The topological polar surface area (TPSA) is 68.4 Å². The average Bonchev–Trinajstić information content (AvgIpc) is 3.17. The number of nitrogens with one attached hydrogen (secondary N) is 1. The SMILES string of the molecule is O=C(OCC(=O)C1CC2(CCOC2)C1)c1[nH]c2ccccc2c1Br. The predicted octanol–water partition coefficient (Wildman–Crippen LogP) is 3.47. The molecule has 4 rings (SSSR count). The summed E-state index contributed by atoms with van der Waals surface area (Å²) < 4.78 is 11.3. The van der Waals surface area contributed by atoms with Crippen LogP contribution in [0.15, 0.2) is 28.7 Å². The number of aromatic nitrogens is 1. The molecule has 2 aromatic rings. The Morgan fingerprint density at radius 3 is 2.83 bits per heavy atom. The number of Topliss-reactive ketones (excluding diaryl/α,β-unsaturated/α-hetero) is 1. The number of fused-ring (bicyclic) bond motifs is 1. The molecular weight excluding hydrogens is 374 g/mol. The zero-order valence-electron chi connectivity index (χ0n) is 13.1. The van der Waals surface area contributed by atoms with Gasteiger partial charge in [-0.25, -0.2) is 4.79 Å². The molecule has 1 spiro atoms. The molecule has 2 fully saturated rings. The van der Waals surface area contributed by atoms with Crippen LogP contribution in [0.25, 0.3) is 10.9 Å². The van der Waals surface area contributed by atoms with Crippen LogP contribution in [-0.4, -0.2) is 36.6 Å². The van der Waals surface area contributed by atoms with E-state index in [1.165, 1.54) is 0 Å². The maximum absolute atomic E-state index is 12.3. The number of hydrogen-bond acceptors (Lipinski definition) is 4. The molecule has 24 heavy (non-hydrogen) atoms. The second-order valence-electron chi connectivity index (χ2n) is 6.81. The molecule has 1 aliphatic heterocycles. The van der Waals surface area contributed by atoms with Crippen LogP contribution in [0.3, 0.4) is 0 Å². The molecule has 1 aromatic carbocycles. The Kier molecular flexibility index (Phi) is 3.96. The summed E-state index contributed by atoms with van der Waals surface area (Å²) in [4.78, 5) is 27.5. The van der Waals surface area contributed by atoms with Crippen molar-refractivity contribution in [2.75, 3.05) is 19.8 Å². The zero-order chi connectivity index (χ0) is 16.7. The van der Waals surface area contributed by atoms with Crippen molar-refractivity contribution in [3.8, 4) is 0 Å². The highest BCUT2D eigenvalue weighted by molar-refractivity contribution is 9.10. The summed E-state index contributed by atoms with van der Waals surface area (Å²) >= 11 is 3.42. The van der Waals surface area contributed by atoms with Crippen LogP contribution in [0.1, 0.15) is 29.8 Å². The molecule has 1 aromatic heterocycles. The Hall–Kier alpha value is -1.66. The van der Waals surface area contributed by atoms with Crippen LogP contribution < -0.4 is 0 Å². The van der Waals surface area contributed by atoms with Gasteiger partial charge >= 0.3 is 5.97 Å². The van der Waals surface area contributed by atoms with Crippen molar-refractivity contribution in [1.29, 1.82) is 0 Å². The number of H-pyrrole nitrogens is 1. The average molecular weight is 392 g/mol. The molecular formula is C18H18BrNO4. The van der Waals surface area contributed by atoms with E-state index in [1.807, 2.05) is 24.3 Å². The monoisotopic (exact) mass is 391 g/mol. The Morgan fingerprint density at radius 1 is 1.33 bits per heavy atom. The predicted molar refractivity (Wildman–Crippen MR) is 91.9 cm³/mol. The summed E-state index contributed by atoms with van der Waals surface area (Å²) in [6.45, 7) is 1.39. The van der Waals surface area contributed by atoms with Gasteiger partial charge < -0.3 is 14.5 Å². The number of hydrogen-bond donors (Lipinski definition) is 1. The summed E-state index contributed by atoms with van der Waals surface area (Å²) in [7, 11) is 0. The Balaban J connectivity index is 1.36. The maximum atomic E-state index is 12.3. The molecule has 1 aliphatic carbocycles. The zero-order valence-corrected chi connectivity index (χ0v) is 14.7. The second kappa shape index (κ2) is 6.01. The lowest BCUT2D eigenvalue weighted by Crippen LogP contribution is -2.42. The number of rotatable bonds is 4. The molecule has 1 saturated heterocycles. The number of carbonyl (C=O) groups excluding carboxylic acids is 2. The van der Waals surface area contributed by atoms with E-state index in [1.54, 1.807) is 0 Å². The number of benzene rings is 1. The lowest BCUT2D eigenvalue weighted by Gasteiger charge is -2.43. The third-order valence-electron chi connectivity index (χ3n) is 5.19. The van der Waals surface area contributed by atoms with E-state index >= 15 is 0 Å². The van der Waals surface area contributed by atoms with E-state index in [4.69, 9.17) is 9.47 Å². The molecule has 2 heterocycles. The second-order valence-corrected chi connectivity index (χ2v) is 7.60. The summed E-state index contributed by atoms with van der Waals surface area (Å²) in [5, 5.41) is 0.915. The molecule has 0 atom stereocenters. The Morgan fingerprint density at radius 2 is 2.12 bits per heavy atom. The molecule has 0 bridgehead atoms. The third kappa shape index (κ3) is 2.67. The van der Waals surface area contributed by atoms with E-state index < -0.39 is 5.97 Å². The van der Waals surface area contributed by atoms with E-state index in [0.717, 1.165) is 43.4 Å². The fourth-order valence-corrected chi connectivity index (χ4v) is 4.37. The first-order chi connectivity index (χ1) is 11.6.